The van der Waals surface area contributed by atoms with E-state index < -0.39 is 0 Å². The molecule has 1 atom stereocenters. The molecule has 1 saturated carbocycles. The zero-order chi connectivity index (χ0) is 14.3. The van der Waals surface area contributed by atoms with Gasteiger partial charge in [0.25, 0.3) is 0 Å². The quantitative estimate of drug-likeness (QED) is 0.788. The van der Waals surface area contributed by atoms with Gasteiger partial charge in [-0.15, -0.1) is 0 Å². The van der Waals surface area contributed by atoms with E-state index in [1.54, 1.807) is 0 Å². The molecule has 5 nitrogen and oxygen atoms in total. The van der Waals surface area contributed by atoms with Gasteiger partial charge in [-0.25, -0.2) is 0 Å². The first-order valence-corrected chi connectivity index (χ1v) is 6.96. The highest BCUT2D eigenvalue weighted by Crippen LogP contribution is 2.53. The van der Waals surface area contributed by atoms with Crippen molar-refractivity contribution in [1.82, 2.24) is 5.32 Å². The van der Waals surface area contributed by atoms with Gasteiger partial charge in [-0.3, -0.25) is 14.9 Å². The molecule has 1 aromatic carbocycles. The summed E-state index contributed by atoms with van der Waals surface area (Å²) in [4.78, 5) is 25.0. The minimum Gasteiger partial charge on any atom is -0.353 e. The summed E-state index contributed by atoms with van der Waals surface area (Å²) in [5.74, 6) is -0.497. The molecular formula is C15H19N3O2. The number of para-hydroxylation sites is 1. The van der Waals surface area contributed by atoms with Gasteiger partial charge in [0.15, 0.2) is 0 Å². The van der Waals surface area contributed by atoms with Crippen LogP contribution in [0.5, 0.6) is 0 Å². The molecule has 2 aliphatic rings. The molecule has 106 valence electrons. The fraction of sp³-hybridized carbons (Fsp3) is 0.467. The number of nitrogens with two attached hydrogens (primary N) is 1. The zero-order valence-electron chi connectivity index (χ0n) is 11.6. The van der Waals surface area contributed by atoms with E-state index in [1.807, 2.05) is 30.0 Å². The molecule has 3 rings (SSSR count). The lowest BCUT2D eigenvalue weighted by molar-refractivity contribution is -0.130. The van der Waals surface area contributed by atoms with Crippen LogP contribution in [-0.4, -0.2) is 30.9 Å². The summed E-state index contributed by atoms with van der Waals surface area (Å²) >= 11 is 0. The molecule has 1 aliphatic carbocycles. The summed E-state index contributed by atoms with van der Waals surface area (Å²) in [6, 6.07) is 8.05. The van der Waals surface area contributed by atoms with Crippen molar-refractivity contribution < 1.29 is 9.59 Å². The minimum absolute atomic E-state index is 0.00750. The molecule has 1 saturated heterocycles. The van der Waals surface area contributed by atoms with Gasteiger partial charge in [0.2, 0.25) is 11.8 Å². The van der Waals surface area contributed by atoms with E-state index in [4.69, 9.17) is 5.73 Å². The van der Waals surface area contributed by atoms with Crippen molar-refractivity contribution in [1.29, 1.82) is 0 Å². The van der Waals surface area contributed by atoms with Crippen LogP contribution in [0.4, 0.5) is 5.69 Å². The Hall–Kier alpha value is -1.88. The maximum atomic E-state index is 11.6. The van der Waals surface area contributed by atoms with Gasteiger partial charge in [0.1, 0.15) is 0 Å². The Labute approximate surface area is 118 Å². The number of carbonyl (C=O) groups excluding carboxylic acids is 2. The second kappa shape index (κ2) is 4.59. The third-order valence-corrected chi connectivity index (χ3v) is 4.39. The summed E-state index contributed by atoms with van der Waals surface area (Å²) in [7, 11) is 0. The van der Waals surface area contributed by atoms with Crippen molar-refractivity contribution in [2.75, 3.05) is 18.0 Å². The SMILES string of the molecule is CC(N)C1(c2ccccc2N2CC(=O)NC(=O)C2)CC1. The number of nitrogens with one attached hydrogen (secondary N) is 1. The molecule has 1 aromatic rings. The molecule has 0 spiro atoms. The number of hydrogen-bond donors (Lipinski definition) is 2. The Bertz CT molecular complexity index is 548. The number of amides is 2. The number of anilines is 1. The number of nitrogens with zero attached hydrogens (tertiary/aromatic N) is 1. The average molecular weight is 273 g/mol. The molecule has 0 aromatic heterocycles. The Morgan fingerprint density at radius 1 is 1.20 bits per heavy atom. The minimum atomic E-state index is -0.248. The number of hydrogen-bond acceptors (Lipinski definition) is 4. The first-order chi connectivity index (χ1) is 9.53. The fourth-order valence-corrected chi connectivity index (χ4v) is 3.08. The standard InChI is InChI=1S/C15H19N3O2/c1-10(16)15(6-7-15)11-4-2-3-5-12(11)18-8-13(19)17-14(20)9-18/h2-5,10H,6-9,16H2,1H3,(H,17,19,20). The summed E-state index contributed by atoms with van der Waals surface area (Å²) in [6.07, 6.45) is 2.13. The first-order valence-electron chi connectivity index (χ1n) is 6.96. The van der Waals surface area contributed by atoms with Crippen LogP contribution in [0.3, 0.4) is 0 Å². The van der Waals surface area contributed by atoms with E-state index in [1.165, 1.54) is 0 Å². The number of benzene rings is 1. The maximum absolute atomic E-state index is 11.6. The second-order valence-corrected chi connectivity index (χ2v) is 5.79. The molecule has 3 N–H and O–H groups in total. The Morgan fingerprint density at radius 2 is 1.80 bits per heavy atom. The second-order valence-electron chi connectivity index (χ2n) is 5.79. The lowest BCUT2D eigenvalue weighted by atomic mass is 9.87. The van der Waals surface area contributed by atoms with E-state index in [2.05, 4.69) is 11.4 Å². The topological polar surface area (TPSA) is 75.4 Å². The molecule has 2 fully saturated rings. The summed E-state index contributed by atoms with van der Waals surface area (Å²) < 4.78 is 0. The van der Waals surface area contributed by atoms with Crippen LogP contribution in [-0.2, 0) is 15.0 Å². The predicted molar refractivity (Wildman–Crippen MR) is 76.4 cm³/mol. The first kappa shape index (κ1) is 13.1. The van der Waals surface area contributed by atoms with Gasteiger partial charge in [-0.1, -0.05) is 18.2 Å². The highest BCUT2D eigenvalue weighted by molar-refractivity contribution is 6.02. The summed E-state index contributed by atoms with van der Waals surface area (Å²) in [5.41, 5.74) is 8.29. The molecule has 2 amide bonds. The van der Waals surface area contributed by atoms with Crippen LogP contribution in [0.25, 0.3) is 0 Å². The van der Waals surface area contributed by atoms with Crippen LogP contribution >= 0.6 is 0 Å². The van der Waals surface area contributed by atoms with Gasteiger partial charge in [0.05, 0.1) is 13.1 Å². The van der Waals surface area contributed by atoms with Gasteiger partial charge < -0.3 is 10.6 Å². The molecule has 20 heavy (non-hydrogen) atoms. The lowest BCUT2D eigenvalue weighted by Crippen LogP contribution is -2.52. The van der Waals surface area contributed by atoms with Crippen LogP contribution in [0, 0.1) is 0 Å². The van der Waals surface area contributed by atoms with Crippen molar-refractivity contribution in [2.24, 2.45) is 5.73 Å². The lowest BCUT2D eigenvalue weighted by Gasteiger charge is -2.32. The molecule has 0 bridgehead atoms. The van der Waals surface area contributed by atoms with Gasteiger partial charge in [-0.05, 0) is 31.4 Å². The van der Waals surface area contributed by atoms with Crippen LogP contribution in [0.15, 0.2) is 24.3 Å². The normalized spacial score (nSPS) is 22.4. The highest BCUT2D eigenvalue weighted by Gasteiger charge is 2.49. The molecule has 1 unspecified atom stereocenters. The average Bonchev–Trinajstić information content (AvgIpc) is 3.19. The highest BCUT2D eigenvalue weighted by atomic mass is 16.2. The predicted octanol–water partition coefficient (Wildman–Crippen LogP) is 0.528. The van der Waals surface area contributed by atoms with Crippen molar-refractivity contribution in [3.8, 4) is 0 Å². The third kappa shape index (κ3) is 2.08. The van der Waals surface area contributed by atoms with E-state index in [9.17, 15) is 9.59 Å². The van der Waals surface area contributed by atoms with E-state index in [-0.39, 0.29) is 36.4 Å². The number of carbonyl (C=O) groups is 2. The zero-order valence-corrected chi connectivity index (χ0v) is 11.6. The largest absolute Gasteiger partial charge is 0.353 e. The summed E-state index contributed by atoms with van der Waals surface area (Å²) in [6.45, 7) is 2.47. The molecule has 1 aliphatic heterocycles. The van der Waals surface area contributed by atoms with Crippen molar-refractivity contribution in [2.45, 2.75) is 31.2 Å². The van der Waals surface area contributed by atoms with Crippen molar-refractivity contribution >= 4 is 17.5 Å². The monoisotopic (exact) mass is 273 g/mol. The fourth-order valence-electron chi connectivity index (χ4n) is 3.08. The van der Waals surface area contributed by atoms with Crippen molar-refractivity contribution in [3.63, 3.8) is 0 Å². The van der Waals surface area contributed by atoms with Gasteiger partial charge in [0, 0.05) is 17.1 Å². The molecule has 5 heteroatoms. The van der Waals surface area contributed by atoms with Crippen LogP contribution in [0.2, 0.25) is 0 Å². The number of imide groups is 1. The Kier molecular flexibility index (Phi) is 3.01. The maximum Gasteiger partial charge on any atom is 0.246 e. The van der Waals surface area contributed by atoms with Gasteiger partial charge >= 0.3 is 0 Å². The molecular weight excluding hydrogens is 254 g/mol. The third-order valence-electron chi connectivity index (χ3n) is 4.39. The van der Waals surface area contributed by atoms with Crippen LogP contribution in [0.1, 0.15) is 25.3 Å². The van der Waals surface area contributed by atoms with E-state index in [0.717, 1.165) is 24.1 Å². The molecule has 0 radical (unpaired) electrons. The Morgan fingerprint density at radius 3 is 2.35 bits per heavy atom. The molecule has 1 heterocycles. The van der Waals surface area contributed by atoms with E-state index >= 15 is 0 Å². The number of rotatable bonds is 3. The van der Waals surface area contributed by atoms with Gasteiger partial charge in [-0.2, -0.15) is 0 Å². The van der Waals surface area contributed by atoms with E-state index in [0.29, 0.717) is 0 Å². The van der Waals surface area contributed by atoms with Crippen LogP contribution < -0.4 is 16.0 Å². The smallest absolute Gasteiger partial charge is 0.246 e. The number of piperazine rings is 1. The summed E-state index contributed by atoms with van der Waals surface area (Å²) in [5, 5.41) is 2.33. The van der Waals surface area contributed by atoms with Crippen molar-refractivity contribution in [3.05, 3.63) is 29.8 Å². The Balaban J connectivity index is 1.98.